The summed E-state index contributed by atoms with van der Waals surface area (Å²) in [6.07, 6.45) is 1.77. The standard InChI is InChI=1S/C24H23ClO2/c1-15-21(16-6-9-19(26)10-7-16)12-17-8-11-20(27)14-23(17)22(15)13-18-4-2-3-5-24(18)25/h2-11,14-15,21-22,26-27H,12-13H2,1H3. The van der Waals surface area contributed by atoms with Crippen molar-refractivity contribution in [2.24, 2.45) is 5.92 Å². The topological polar surface area (TPSA) is 40.5 Å². The number of benzene rings is 3. The van der Waals surface area contributed by atoms with Gasteiger partial charge in [0.2, 0.25) is 0 Å². The minimum Gasteiger partial charge on any atom is -0.508 e. The number of phenols is 2. The Labute approximate surface area is 165 Å². The number of fused-ring (bicyclic) bond motifs is 1. The number of halogens is 1. The molecule has 0 heterocycles. The third-order valence-electron chi connectivity index (χ3n) is 5.96. The fourth-order valence-electron chi connectivity index (χ4n) is 4.44. The van der Waals surface area contributed by atoms with Crippen LogP contribution in [-0.4, -0.2) is 10.2 Å². The molecule has 0 spiro atoms. The maximum absolute atomic E-state index is 10.1. The molecule has 3 unspecified atom stereocenters. The van der Waals surface area contributed by atoms with Gasteiger partial charge in [0.1, 0.15) is 11.5 Å². The average molecular weight is 379 g/mol. The van der Waals surface area contributed by atoms with Crippen molar-refractivity contribution in [2.45, 2.75) is 31.6 Å². The van der Waals surface area contributed by atoms with Gasteiger partial charge >= 0.3 is 0 Å². The van der Waals surface area contributed by atoms with Crippen LogP contribution in [0.2, 0.25) is 5.02 Å². The highest BCUT2D eigenvalue weighted by molar-refractivity contribution is 6.31. The van der Waals surface area contributed by atoms with E-state index in [1.807, 2.05) is 42.5 Å². The van der Waals surface area contributed by atoms with Crippen LogP contribution in [0.1, 0.15) is 41.0 Å². The second kappa shape index (κ2) is 7.28. The van der Waals surface area contributed by atoms with Crippen molar-refractivity contribution in [3.05, 3.63) is 94.0 Å². The van der Waals surface area contributed by atoms with Gasteiger partial charge in [-0.2, -0.15) is 0 Å². The van der Waals surface area contributed by atoms with Gasteiger partial charge in [0.05, 0.1) is 0 Å². The first kappa shape index (κ1) is 17.9. The molecule has 1 aliphatic carbocycles. The van der Waals surface area contributed by atoms with Crippen molar-refractivity contribution in [2.75, 3.05) is 0 Å². The summed E-state index contributed by atoms with van der Waals surface area (Å²) in [6, 6.07) is 21.3. The van der Waals surface area contributed by atoms with E-state index < -0.39 is 0 Å². The van der Waals surface area contributed by atoms with E-state index in [1.165, 1.54) is 16.7 Å². The molecule has 2 N–H and O–H groups in total. The van der Waals surface area contributed by atoms with Crippen LogP contribution < -0.4 is 0 Å². The van der Waals surface area contributed by atoms with Gasteiger partial charge in [0, 0.05) is 5.02 Å². The molecular formula is C24H23ClO2. The van der Waals surface area contributed by atoms with Crippen molar-refractivity contribution in [3.8, 4) is 11.5 Å². The lowest BCUT2D eigenvalue weighted by Crippen LogP contribution is -2.27. The highest BCUT2D eigenvalue weighted by Gasteiger charge is 2.35. The van der Waals surface area contributed by atoms with Gasteiger partial charge in [-0.25, -0.2) is 0 Å². The largest absolute Gasteiger partial charge is 0.508 e. The van der Waals surface area contributed by atoms with Gasteiger partial charge in [-0.15, -0.1) is 0 Å². The van der Waals surface area contributed by atoms with E-state index >= 15 is 0 Å². The lowest BCUT2D eigenvalue weighted by atomic mass is 9.66. The second-order valence-electron chi connectivity index (χ2n) is 7.55. The van der Waals surface area contributed by atoms with E-state index in [-0.39, 0.29) is 5.92 Å². The van der Waals surface area contributed by atoms with Crippen LogP contribution in [0.5, 0.6) is 11.5 Å². The molecular weight excluding hydrogens is 356 g/mol. The Hall–Kier alpha value is -2.45. The Balaban J connectivity index is 1.76. The Kier molecular flexibility index (Phi) is 4.84. The average Bonchev–Trinajstić information content (AvgIpc) is 2.66. The van der Waals surface area contributed by atoms with Crippen LogP contribution in [0.3, 0.4) is 0 Å². The summed E-state index contributed by atoms with van der Waals surface area (Å²) in [4.78, 5) is 0. The minimum absolute atomic E-state index is 0.263. The molecule has 0 aliphatic heterocycles. The molecule has 138 valence electrons. The van der Waals surface area contributed by atoms with Crippen molar-refractivity contribution in [1.82, 2.24) is 0 Å². The Morgan fingerprint density at radius 2 is 1.63 bits per heavy atom. The first-order chi connectivity index (χ1) is 13.0. The lowest BCUT2D eigenvalue weighted by molar-refractivity contribution is 0.347. The molecule has 2 nitrogen and oxygen atoms in total. The molecule has 0 bridgehead atoms. The van der Waals surface area contributed by atoms with Gasteiger partial charge in [-0.05, 0) is 83.2 Å². The van der Waals surface area contributed by atoms with Crippen molar-refractivity contribution >= 4 is 11.6 Å². The Morgan fingerprint density at radius 3 is 2.37 bits per heavy atom. The number of aromatic hydroxyl groups is 2. The quantitative estimate of drug-likeness (QED) is 0.582. The molecule has 0 radical (unpaired) electrons. The van der Waals surface area contributed by atoms with Crippen LogP contribution in [0, 0.1) is 5.92 Å². The predicted molar refractivity (Wildman–Crippen MR) is 110 cm³/mol. The lowest BCUT2D eigenvalue weighted by Gasteiger charge is -2.38. The van der Waals surface area contributed by atoms with Gasteiger partial charge in [0.25, 0.3) is 0 Å². The zero-order chi connectivity index (χ0) is 19.0. The summed E-state index contributed by atoms with van der Waals surface area (Å²) in [5.74, 6) is 1.60. The molecule has 0 aromatic heterocycles. The van der Waals surface area contributed by atoms with E-state index in [1.54, 1.807) is 18.2 Å². The van der Waals surface area contributed by atoms with Crippen LogP contribution in [0.25, 0.3) is 0 Å². The van der Waals surface area contributed by atoms with Crippen molar-refractivity contribution in [1.29, 1.82) is 0 Å². The number of phenolic OH excluding ortho intramolecular Hbond substituents is 2. The molecule has 0 amide bonds. The highest BCUT2D eigenvalue weighted by atomic mass is 35.5. The fourth-order valence-corrected chi connectivity index (χ4v) is 4.65. The predicted octanol–water partition coefficient (Wildman–Crippen LogP) is 6.05. The maximum atomic E-state index is 10.1. The molecule has 1 aliphatic rings. The van der Waals surface area contributed by atoms with Crippen LogP contribution in [0.15, 0.2) is 66.7 Å². The molecule has 0 saturated carbocycles. The van der Waals surface area contributed by atoms with E-state index in [0.717, 1.165) is 23.4 Å². The molecule has 4 rings (SSSR count). The zero-order valence-electron chi connectivity index (χ0n) is 15.3. The number of rotatable bonds is 3. The Morgan fingerprint density at radius 1 is 0.926 bits per heavy atom. The Bertz CT molecular complexity index is 949. The van der Waals surface area contributed by atoms with E-state index in [0.29, 0.717) is 23.3 Å². The van der Waals surface area contributed by atoms with Crippen LogP contribution >= 0.6 is 11.6 Å². The van der Waals surface area contributed by atoms with Gasteiger partial charge in [-0.1, -0.05) is 54.9 Å². The molecule has 0 fully saturated rings. The van der Waals surface area contributed by atoms with Crippen molar-refractivity contribution < 1.29 is 10.2 Å². The first-order valence-electron chi connectivity index (χ1n) is 9.37. The molecule has 3 heteroatoms. The number of hydrogen-bond acceptors (Lipinski definition) is 2. The normalized spacial score (nSPS) is 21.6. The molecule has 27 heavy (non-hydrogen) atoms. The number of hydrogen-bond donors (Lipinski definition) is 2. The molecule has 3 aromatic rings. The van der Waals surface area contributed by atoms with E-state index in [9.17, 15) is 10.2 Å². The third kappa shape index (κ3) is 3.54. The zero-order valence-corrected chi connectivity index (χ0v) is 16.0. The summed E-state index contributed by atoms with van der Waals surface area (Å²) < 4.78 is 0. The van der Waals surface area contributed by atoms with Crippen LogP contribution in [0.4, 0.5) is 0 Å². The summed E-state index contributed by atoms with van der Waals surface area (Å²) in [5, 5.41) is 20.5. The maximum Gasteiger partial charge on any atom is 0.115 e. The smallest absolute Gasteiger partial charge is 0.115 e. The summed E-state index contributed by atoms with van der Waals surface area (Å²) >= 11 is 6.44. The van der Waals surface area contributed by atoms with Crippen molar-refractivity contribution in [3.63, 3.8) is 0 Å². The monoisotopic (exact) mass is 378 g/mol. The van der Waals surface area contributed by atoms with E-state index in [2.05, 4.69) is 13.0 Å². The van der Waals surface area contributed by atoms with Gasteiger partial charge in [0.15, 0.2) is 0 Å². The summed E-state index contributed by atoms with van der Waals surface area (Å²) in [7, 11) is 0. The van der Waals surface area contributed by atoms with Gasteiger partial charge in [-0.3, -0.25) is 0 Å². The molecule has 0 saturated heterocycles. The van der Waals surface area contributed by atoms with Gasteiger partial charge < -0.3 is 10.2 Å². The summed E-state index contributed by atoms with van der Waals surface area (Å²) in [6.45, 7) is 2.28. The molecule has 3 aromatic carbocycles. The second-order valence-corrected chi connectivity index (χ2v) is 7.95. The highest BCUT2D eigenvalue weighted by Crippen LogP contribution is 2.47. The minimum atomic E-state index is 0.263. The van der Waals surface area contributed by atoms with Crippen LogP contribution in [-0.2, 0) is 12.8 Å². The first-order valence-corrected chi connectivity index (χ1v) is 9.75. The van der Waals surface area contributed by atoms with E-state index in [4.69, 9.17) is 11.6 Å². The summed E-state index contributed by atoms with van der Waals surface area (Å²) in [5.41, 5.74) is 4.87. The molecule has 3 atom stereocenters. The SMILES string of the molecule is CC1C(c2ccc(O)cc2)Cc2ccc(O)cc2C1Cc1ccccc1Cl. The third-order valence-corrected chi connectivity index (χ3v) is 6.33. The fraction of sp³-hybridized carbons (Fsp3) is 0.250.